The van der Waals surface area contributed by atoms with Crippen molar-refractivity contribution in [2.45, 2.75) is 51.1 Å². The predicted octanol–water partition coefficient (Wildman–Crippen LogP) is 4.59. The number of carbonyl (C=O) groups excluding carboxylic acids is 1. The van der Waals surface area contributed by atoms with E-state index in [1.807, 2.05) is 67.1 Å². The van der Waals surface area contributed by atoms with Crippen LogP contribution in [0.5, 0.6) is 0 Å². The molecule has 31 heavy (non-hydrogen) atoms. The van der Waals surface area contributed by atoms with Crippen LogP contribution >= 0.6 is 0 Å². The van der Waals surface area contributed by atoms with Crippen LogP contribution in [-0.2, 0) is 15.7 Å². The lowest BCUT2D eigenvalue weighted by Gasteiger charge is -2.38. The van der Waals surface area contributed by atoms with E-state index in [0.717, 1.165) is 17.8 Å². The minimum Gasteiger partial charge on any atom is -0.363 e. The molecule has 1 aliphatic heterocycles. The van der Waals surface area contributed by atoms with E-state index in [0.29, 0.717) is 5.56 Å². The van der Waals surface area contributed by atoms with Crippen LogP contribution in [0.2, 0.25) is 0 Å². The number of rotatable bonds is 4. The molecule has 1 amide bonds. The lowest BCUT2D eigenvalue weighted by Crippen LogP contribution is -2.43. The van der Waals surface area contributed by atoms with Gasteiger partial charge in [0.15, 0.2) is 0 Å². The van der Waals surface area contributed by atoms with Gasteiger partial charge in [-0.25, -0.2) is 4.68 Å². The molecule has 1 aliphatic rings. The van der Waals surface area contributed by atoms with Gasteiger partial charge in [0, 0.05) is 0 Å². The quantitative estimate of drug-likeness (QED) is 0.430. The highest BCUT2D eigenvalue weighted by atomic mass is 16.2. The summed E-state index contributed by atoms with van der Waals surface area (Å²) >= 11 is 0. The first-order valence-electron chi connectivity index (χ1n) is 10.6. The first-order chi connectivity index (χ1) is 14.7. The Kier molecular flexibility index (Phi) is 5.17. The van der Waals surface area contributed by atoms with Crippen molar-refractivity contribution in [3.8, 4) is 0 Å². The summed E-state index contributed by atoms with van der Waals surface area (Å²) in [6.45, 7) is 8.02. The highest BCUT2D eigenvalue weighted by molar-refractivity contribution is 6.11. The SMILES string of the molecule is CC(C)(C(=O)NC(=N)c1cnn2c1NC(c1ccccc1)CC2(C)C)c1ccccc1. The highest BCUT2D eigenvalue weighted by Gasteiger charge is 2.37. The number of benzene rings is 2. The molecule has 1 aromatic heterocycles. The summed E-state index contributed by atoms with van der Waals surface area (Å²) < 4.78 is 1.92. The molecule has 0 saturated carbocycles. The Morgan fingerprint density at radius 3 is 2.39 bits per heavy atom. The summed E-state index contributed by atoms with van der Waals surface area (Å²) in [4.78, 5) is 13.1. The van der Waals surface area contributed by atoms with E-state index in [1.54, 1.807) is 6.20 Å². The van der Waals surface area contributed by atoms with E-state index >= 15 is 0 Å². The Morgan fingerprint density at radius 2 is 1.74 bits per heavy atom. The summed E-state index contributed by atoms with van der Waals surface area (Å²) in [6, 6.07) is 20.0. The van der Waals surface area contributed by atoms with Crippen molar-refractivity contribution in [3.05, 3.63) is 83.6 Å². The van der Waals surface area contributed by atoms with Gasteiger partial charge in [0.05, 0.1) is 28.8 Å². The molecule has 0 fully saturated rings. The Hall–Kier alpha value is -3.41. The molecule has 4 rings (SSSR count). The summed E-state index contributed by atoms with van der Waals surface area (Å²) in [5.41, 5.74) is 1.69. The second kappa shape index (κ2) is 7.69. The maximum Gasteiger partial charge on any atom is 0.235 e. The van der Waals surface area contributed by atoms with E-state index in [1.165, 1.54) is 5.56 Å². The molecule has 2 aromatic carbocycles. The van der Waals surface area contributed by atoms with Crippen LogP contribution in [0.1, 0.15) is 56.8 Å². The number of carbonyl (C=O) groups is 1. The van der Waals surface area contributed by atoms with Gasteiger partial charge >= 0.3 is 0 Å². The fourth-order valence-electron chi connectivity index (χ4n) is 4.14. The van der Waals surface area contributed by atoms with Crippen LogP contribution in [0.25, 0.3) is 0 Å². The normalized spacial score (nSPS) is 17.4. The molecule has 6 nitrogen and oxygen atoms in total. The monoisotopic (exact) mass is 415 g/mol. The number of fused-ring (bicyclic) bond motifs is 1. The van der Waals surface area contributed by atoms with Gasteiger partial charge in [-0.1, -0.05) is 60.7 Å². The topological polar surface area (TPSA) is 82.8 Å². The zero-order chi connectivity index (χ0) is 22.2. The predicted molar refractivity (Wildman–Crippen MR) is 123 cm³/mol. The number of hydrogen-bond donors (Lipinski definition) is 3. The van der Waals surface area contributed by atoms with Gasteiger partial charge in [0.25, 0.3) is 0 Å². The van der Waals surface area contributed by atoms with Crippen LogP contribution in [0.15, 0.2) is 66.9 Å². The third-order valence-electron chi connectivity index (χ3n) is 6.13. The Morgan fingerprint density at radius 1 is 1.13 bits per heavy atom. The van der Waals surface area contributed by atoms with E-state index in [2.05, 4.69) is 41.7 Å². The Labute approximate surface area is 183 Å². The number of anilines is 1. The van der Waals surface area contributed by atoms with Gasteiger partial charge < -0.3 is 10.6 Å². The molecule has 0 aliphatic carbocycles. The molecule has 1 unspecified atom stereocenters. The lowest BCUT2D eigenvalue weighted by atomic mass is 9.83. The fourth-order valence-corrected chi connectivity index (χ4v) is 4.14. The van der Waals surface area contributed by atoms with Gasteiger partial charge in [0.2, 0.25) is 5.91 Å². The van der Waals surface area contributed by atoms with Crippen LogP contribution in [0.3, 0.4) is 0 Å². The van der Waals surface area contributed by atoms with Crippen molar-refractivity contribution >= 4 is 17.6 Å². The van der Waals surface area contributed by atoms with Crippen molar-refractivity contribution in [1.29, 1.82) is 5.41 Å². The van der Waals surface area contributed by atoms with Crippen LogP contribution < -0.4 is 10.6 Å². The number of amides is 1. The third kappa shape index (κ3) is 3.85. The molecule has 3 N–H and O–H groups in total. The second-order valence-electron chi connectivity index (χ2n) is 9.26. The standard InChI is InChI=1S/C25H29N5O/c1-24(2)15-20(17-11-7-5-8-12-17)28-22-19(16-27-30(22)24)21(26)29-23(31)25(3,4)18-13-9-6-10-14-18/h5-14,16,20,28H,15H2,1-4H3,(H2,26,29,31). The van der Waals surface area contributed by atoms with Crippen LogP contribution in [-0.4, -0.2) is 21.5 Å². The number of aromatic nitrogens is 2. The van der Waals surface area contributed by atoms with Crippen LogP contribution in [0.4, 0.5) is 5.82 Å². The molecular weight excluding hydrogens is 386 g/mol. The fraction of sp³-hybridized carbons (Fsp3) is 0.320. The minimum absolute atomic E-state index is 0.0484. The maximum absolute atomic E-state index is 13.1. The zero-order valence-corrected chi connectivity index (χ0v) is 18.4. The number of nitrogens with one attached hydrogen (secondary N) is 3. The van der Waals surface area contributed by atoms with Gasteiger partial charge in [-0.15, -0.1) is 0 Å². The number of nitrogens with zero attached hydrogens (tertiary/aromatic N) is 2. The van der Waals surface area contributed by atoms with Gasteiger partial charge in [0.1, 0.15) is 11.7 Å². The molecule has 160 valence electrons. The number of hydrogen-bond acceptors (Lipinski definition) is 4. The summed E-state index contributed by atoms with van der Waals surface area (Å²) in [6.07, 6.45) is 2.53. The largest absolute Gasteiger partial charge is 0.363 e. The minimum atomic E-state index is -0.764. The molecule has 0 spiro atoms. The molecule has 0 radical (unpaired) electrons. The summed E-state index contributed by atoms with van der Waals surface area (Å²) in [5.74, 6) is 0.582. The summed E-state index contributed by atoms with van der Waals surface area (Å²) in [7, 11) is 0. The van der Waals surface area contributed by atoms with Gasteiger partial charge in [-0.05, 0) is 45.2 Å². The van der Waals surface area contributed by atoms with Gasteiger partial charge in [-0.2, -0.15) is 5.10 Å². The maximum atomic E-state index is 13.1. The molecule has 3 aromatic rings. The molecule has 2 heterocycles. The Bertz CT molecular complexity index is 1100. The van der Waals surface area contributed by atoms with Crippen molar-refractivity contribution in [2.75, 3.05) is 5.32 Å². The van der Waals surface area contributed by atoms with E-state index in [4.69, 9.17) is 5.41 Å². The van der Waals surface area contributed by atoms with E-state index < -0.39 is 5.41 Å². The van der Waals surface area contributed by atoms with Crippen molar-refractivity contribution in [1.82, 2.24) is 15.1 Å². The molecular formula is C25H29N5O. The zero-order valence-electron chi connectivity index (χ0n) is 18.4. The second-order valence-corrected chi connectivity index (χ2v) is 9.26. The molecule has 1 atom stereocenters. The van der Waals surface area contributed by atoms with Gasteiger partial charge in [-0.3, -0.25) is 10.2 Å². The third-order valence-corrected chi connectivity index (χ3v) is 6.13. The van der Waals surface area contributed by atoms with Crippen molar-refractivity contribution < 1.29 is 4.79 Å². The molecule has 6 heteroatoms. The van der Waals surface area contributed by atoms with Crippen LogP contribution in [0, 0.1) is 5.41 Å². The van der Waals surface area contributed by atoms with Crippen molar-refractivity contribution in [2.24, 2.45) is 0 Å². The number of amidine groups is 1. The highest BCUT2D eigenvalue weighted by Crippen LogP contribution is 2.39. The lowest BCUT2D eigenvalue weighted by molar-refractivity contribution is -0.124. The first kappa shape index (κ1) is 20.8. The smallest absolute Gasteiger partial charge is 0.235 e. The summed E-state index contributed by atoms with van der Waals surface area (Å²) in [5, 5.41) is 19.5. The average molecular weight is 416 g/mol. The Balaban J connectivity index is 1.60. The van der Waals surface area contributed by atoms with E-state index in [9.17, 15) is 4.79 Å². The average Bonchev–Trinajstić information content (AvgIpc) is 3.20. The van der Waals surface area contributed by atoms with E-state index in [-0.39, 0.29) is 23.3 Å². The first-order valence-corrected chi connectivity index (χ1v) is 10.6. The molecule has 0 bridgehead atoms. The van der Waals surface area contributed by atoms with Crippen molar-refractivity contribution in [3.63, 3.8) is 0 Å². The molecule has 0 saturated heterocycles.